The predicted molar refractivity (Wildman–Crippen MR) is 258 cm³/mol. The van der Waals surface area contributed by atoms with Crippen molar-refractivity contribution in [1.29, 1.82) is 0 Å². The summed E-state index contributed by atoms with van der Waals surface area (Å²) in [5, 5.41) is 9.62. The van der Waals surface area contributed by atoms with Crippen molar-refractivity contribution in [2.45, 2.75) is 114 Å². The number of primary amides is 1. The molecule has 1 spiro atoms. The monoisotopic (exact) mass is 960 g/mol. The maximum absolute atomic E-state index is 14.8. The predicted octanol–water partition coefficient (Wildman–Crippen LogP) is 6.85. The van der Waals surface area contributed by atoms with E-state index in [2.05, 4.69) is 38.4 Å². The summed E-state index contributed by atoms with van der Waals surface area (Å²) in [6.45, 7) is 6.12. The minimum absolute atomic E-state index is 0.0936. The van der Waals surface area contributed by atoms with Gasteiger partial charge in [0.2, 0.25) is 30.0 Å². The van der Waals surface area contributed by atoms with Gasteiger partial charge in [0.05, 0.1) is 22.0 Å². The van der Waals surface area contributed by atoms with E-state index in [0.717, 1.165) is 82.2 Å². The van der Waals surface area contributed by atoms with E-state index in [1.165, 1.54) is 30.3 Å². The standard InChI is InChI=1S/C27H37N5O4.C22H23Cl2FN2O.CH3NO/c1-18-17-31(26(35)20-6-4-3-5-7-20)15-14-30(18)13-12-19-8-9-21-23(16-19)29(2)27(36)32(21)22-10-11-24(33)28-25(22)34;23-14-6-4-7-15(12-14)27-21(28)19-17(16-8-5-9-18(24)20(16)25)13-26-22(19)10-2-1-3-11-22;2-1-3/h8-9,16,18,20,22H,3-7,10-15,17H2,1-2H3,(H,28,33,34);4-9,12,17,19,26H,1-3,10-11,13H2,(H,27,28);1H,(H2,2,3)/t18-,22?;17?,19-;/m11./s1. The Balaban J connectivity index is 0.000000193. The fraction of sp³-hybridized carbons (Fsp3) is 0.520. The number of nitrogens with two attached hydrogens (primary N) is 1. The molecule has 1 aromatic heterocycles. The minimum atomic E-state index is -0.668. The molecule has 0 bridgehead atoms. The Morgan fingerprint density at radius 1 is 0.925 bits per heavy atom. The number of hydrogen-bond acceptors (Lipinski definition) is 8. The Morgan fingerprint density at radius 2 is 1.64 bits per heavy atom. The summed E-state index contributed by atoms with van der Waals surface area (Å²) in [6.07, 6.45) is 12.5. The highest BCUT2D eigenvalue weighted by molar-refractivity contribution is 6.31. The van der Waals surface area contributed by atoms with E-state index in [0.29, 0.717) is 46.7 Å². The fourth-order valence-corrected chi connectivity index (χ4v) is 11.5. The van der Waals surface area contributed by atoms with E-state index in [1.807, 2.05) is 24.3 Å². The van der Waals surface area contributed by atoms with E-state index in [-0.39, 0.29) is 58.7 Å². The number of aromatic nitrogens is 2. The lowest BCUT2D eigenvalue weighted by Crippen LogP contribution is -2.55. The molecule has 5 N–H and O–H groups in total. The number of anilines is 1. The smallest absolute Gasteiger partial charge is 0.329 e. The van der Waals surface area contributed by atoms with Crippen molar-refractivity contribution < 1.29 is 28.4 Å². The van der Waals surface area contributed by atoms with Crippen LogP contribution in [-0.2, 0) is 37.4 Å². The van der Waals surface area contributed by atoms with Crippen molar-refractivity contribution >= 4 is 70.0 Å². The maximum atomic E-state index is 14.8. The topological polar surface area (TPSA) is 181 Å². The molecule has 3 aromatic carbocycles. The van der Waals surface area contributed by atoms with Gasteiger partial charge in [0.1, 0.15) is 11.9 Å². The Hall–Kier alpha value is -5.09. The molecule has 360 valence electrons. The van der Waals surface area contributed by atoms with Crippen LogP contribution in [0.25, 0.3) is 11.0 Å². The average Bonchev–Trinajstić information content (AvgIpc) is 3.79. The van der Waals surface area contributed by atoms with Crippen LogP contribution < -0.4 is 27.4 Å². The van der Waals surface area contributed by atoms with E-state index >= 15 is 0 Å². The number of piperidine rings is 1. The van der Waals surface area contributed by atoms with Crippen molar-refractivity contribution in [2.24, 2.45) is 24.6 Å². The zero-order valence-corrected chi connectivity index (χ0v) is 39.9. The van der Waals surface area contributed by atoms with Crippen LogP contribution in [-0.4, -0.2) is 93.3 Å². The molecule has 5 fully saturated rings. The van der Waals surface area contributed by atoms with Crippen LogP contribution in [0.5, 0.6) is 0 Å². The molecule has 17 heteroatoms. The van der Waals surface area contributed by atoms with E-state index in [9.17, 15) is 28.4 Å². The second kappa shape index (κ2) is 22.3. The number of carbonyl (C=O) groups excluding carboxylic acids is 5. The average molecular weight is 962 g/mol. The van der Waals surface area contributed by atoms with Crippen LogP contribution in [0.2, 0.25) is 10.0 Å². The molecule has 5 aliphatic rings. The van der Waals surface area contributed by atoms with Gasteiger partial charge in [-0.2, -0.15) is 0 Å². The van der Waals surface area contributed by atoms with Crippen molar-refractivity contribution in [2.75, 3.05) is 38.0 Å². The largest absolute Gasteiger partial charge is 0.372 e. The van der Waals surface area contributed by atoms with E-state index < -0.39 is 17.8 Å². The van der Waals surface area contributed by atoms with Crippen LogP contribution in [0.15, 0.2) is 65.5 Å². The molecule has 4 aromatic rings. The van der Waals surface area contributed by atoms with E-state index in [1.54, 1.807) is 48.0 Å². The fourth-order valence-electron chi connectivity index (χ4n) is 11.1. The molecule has 14 nitrogen and oxygen atoms in total. The molecule has 2 aliphatic carbocycles. The molecule has 0 radical (unpaired) electrons. The Bertz CT molecular complexity index is 2500. The summed E-state index contributed by atoms with van der Waals surface area (Å²) >= 11 is 12.1. The molecule has 2 unspecified atom stereocenters. The first-order valence-electron chi connectivity index (χ1n) is 23.7. The lowest BCUT2D eigenvalue weighted by atomic mass is 9.69. The summed E-state index contributed by atoms with van der Waals surface area (Å²) < 4.78 is 17.9. The van der Waals surface area contributed by atoms with Gasteiger partial charge in [-0.1, -0.05) is 86.0 Å². The lowest BCUT2D eigenvalue weighted by molar-refractivity contribution is -0.139. The number of carbonyl (C=O) groups is 5. The number of aryl methyl sites for hydroxylation is 1. The third kappa shape index (κ3) is 11.3. The molecular formula is C50H63Cl2FN8O6. The summed E-state index contributed by atoms with van der Waals surface area (Å²) in [5.74, 6) is -1.30. The highest BCUT2D eigenvalue weighted by atomic mass is 35.5. The normalized spacial score (nSPS) is 23.1. The zero-order chi connectivity index (χ0) is 47.8. The quantitative estimate of drug-likeness (QED) is 0.109. The van der Waals surface area contributed by atoms with Crippen molar-refractivity contribution in [3.05, 3.63) is 98.1 Å². The molecule has 4 heterocycles. The molecule has 3 saturated heterocycles. The number of benzene rings is 3. The first-order valence-corrected chi connectivity index (χ1v) is 24.5. The van der Waals surface area contributed by atoms with Crippen molar-refractivity contribution in [3.63, 3.8) is 0 Å². The highest BCUT2D eigenvalue weighted by Gasteiger charge is 2.53. The maximum Gasteiger partial charge on any atom is 0.329 e. The SMILES string of the molecule is C[C@@H]1CN(C(=O)C2CCCCC2)CCN1CCc1ccc2c(c1)n(C)c(=O)n2C1CCC(=O)NC1=O.NC=O.O=C(Nc1cccc(Cl)c1)[C@H]1C(c2cccc(Cl)c2F)CNC12CCCCC2. The molecule has 3 aliphatic heterocycles. The second-order valence-electron chi connectivity index (χ2n) is 18.7. The summed E-state index contributed by atoms with van der Waals surface area (Å²) in [6, 6.07) is 17.8. The van der Waals surface area contributed by atoms with Gasteiger partial charge in [-0.25, -0.2) is 9.18 Å². The Labute approximate surface area is 401 Å². The number of imide groups is 1. The van der Waals surface area contributed by atoms with Gasteiger partial charge in [0, 0.05) is 80.3 Å². The second-order valence-corrected chi connectivity index (χ2v) is 19.6. The number of hydrogen-bond donors (Lipinski definition) is 4. The number of nitrogens with one attached hydrogen (secondary N) is 3. The van der Waals surface area contributed by atoms with Gasteiger partial charge in [0.25, 0.3) is 0 Å². The van der Waals surface area contributed by atoms with Crippen molar-refractivity contribution in [1.82, 2.24) is 29.6 Å². The number of piperazine rings is 1. The number of imidazole rings is 1. The minimum Gasteiger partial charge on any atom is -0.372 e. The van der Waals surface area contributed by atoms with Crippen LogP contribution in [0.4, 0.5) is 10.1 Å². The Kier molecular flexibility index (Phi) is 16.6. The van der Waals surface area contributed by atoms with E-state index in [4.69, 9.17) is 28.0 Å². The molecule has 67 heavy (non-hydrogen) atoms. The summed E-state index contributed by atoms with van der Waals surface area (Å²) in [4.78, 5) is 76.5. The Morgan fingerprint density at radius 3 is 2.34 bits per heavy atom. The molecule has 9 rings (SSSR count). The summed E-state index contributed by atoms with van der Waals surface area (Å²) in [7, 11) is 1.72. The number of amides is 5. The molecule has 5 amide bonds. The van der Waals surface area contributed by atoms with Gasteiger partial charge in [-0.15, -0.1) is 0 Å². The molecular weight excluding hydrogens is 899 g/mol. The third-order valence-corrected chi connectivity index (χ3v) is 15.1. The lowest BCUT2D eigenvalue weighted by Gasteiger charge is -2.41. The van der Waals surface area contributed by atoms with Gasteiger partial charge < -0.3 is 21.3 Å². The molecule has 2 saturated carbocycles. The van der Waals surface area contributed by atoms with Gasteiger partial charge in [-0.3, -0.25) is 43.3 Å². The number of nitrogens with zero attached hydrogens (tertiary/aromatic N) is 4. The van der Waals surface area contributed by atoms with Crippen LogP contribution in [0.3, 0.4) is 0 Å². The number of halogens is 3. The van der Waals surface area contributed by atoms with Gasteiger partial charge in [-0.05, 0) is 93.0 Å². The van der Waals surface area contributed by atoms with Crippen LogP contribution in [0, 0.1) is 17.7 Å². The summed E-state index contributed by atoms with van der Waals surface area (Å²) in [5.41, 5.74) is 7.41. The number of fused-ring (bicyclic) bond motifs is 1. The highest BCUT2D eigenvalue weighted by Crippen LogP contribution is 2.47. The van der Waals surface area contributed by atoms with Crippen LogP contribution >= 0.6 is 23.2 Å². The first-order chi connectivity index (χ1) is 32.2. The third-order valence-electron chi connectivity index (χ3n) is 14.6. The van der Waals surface area contributed by atoms with Crippen LogP contribution in [0.1, 0.15) is 107 Å². The van der Waals surface area contributed by atoms with Gasteiger partial charge in [0.15, 0.2) is 0 Å². The van der Waals surface area contributed by atoms with Crippen molar-refractivity contribution in [3.8, 4) is 0 Å². The zero-order valence-electron chi connectivity index (χ0n) is 38.4. The number of rotatable bonds is 8. The molecule has 4 atom stereocenters. The first kappa shape index (κ1) is 49.8. The van der Waals surface area contributed by atoms with Gasteiger partial charge >= 0.3 is 5.69 Å².